The van der Waals surface area contributed by atoms with Crippen LogP contribution in [0, 0.1) is 11.3 Å². The van der Waals surface area contributed by atoms with E-state index >= 15 is 0 Å². The zero-order valence-corrected chi connectivity index (χ0v) is 6.77. The van der Waals surface area contributed by atoms with Gasteiger partial charge in [-0.2, -0.15) is 5.26 Å². The van der Waals surface area contributed by atoms with Crippen molar-refractivity contribution in [2.45, 2.75) is 19.8 Å². The van der Waals surface area contributed by atoms with E-state index in [0.29, 0.717) is 11.6 Å². The molecule has 1 aromatic rings. The Morgan fingerprint density at radius 3 is 2.80 bits per heavy atom. The molecular weight excluding hydrogens is 144 g/mol. The van der Waals surface area contributed by atoms with Crippen molar-refractivity contribution >= 4 is 11.3 Å². The van der Waals surface area contributed by atoms with Crippen molar-refractivity contribution in [3.63, 3.8) is 0 Å². The van der Waals surface area contributed by atoms with Crippen LogP contribution in [0.15, 0.2) is 5.51 Å². The van der Waals surface area contributed by atoms with Crippen LogP contribution in [-0.4, -0.2) is 4.98 Å². The lowest BCUT2D eigenvalue weighted by atomic mass is 10.1. The lowest BCUT2D eigenvalue weighted by Crippen LogP contribution is -1.86. The van der Waals surface area contributed by atoms with Crippen LogP contribution in [0.5, 0.6) is 0 Å². The van der Waals surface area contributed by atoms with Crippen LogP contribution in [0.2, 0.25) is 0 Å². The second kappa shape index (κ2) is 2.80. The van der Waals surface area contributed by atoms with Crippen LogP contribution < -0.4 is 0 Å². The molecule has 0 radical (unpaired) electrons. The summed E-state index contributed by atoms with van der Waals surface area (Å²) < 4.78 is 0. The highest BCUT2D eigenvalue weighted by Gasteiger charge is 2.07. The Morgan fingerprint density at radius 2 is 2.40 bits per heavy atom. The molecule has 0 bridgehead atoms. The molecule has 0 spiro atoms. The van der Waals surface area contributed by atoms with E-state index in [-0.39, 0.29) is 0 Å². The molecule has 0 saturated heterocycles. The number of aromatic nitrogens is 1. The third-order valence-corrected chi connectivity index (χ3v) is 2.35. The molecule has 1 aromatic heterocycles. The molecule has 0 fully saturated rings. The monoisotopic (exact) mass is 152 g/mol. The van der Waals surface area contributed by atoms with E-state index in [1.165, 1.54) is 0 Å². The Hall–Kier alpha value is -0.880. The highest BCUT2D eigenvalue weighted by Crippen LogP contribution is 2.21. The zero-order chi connectivity index (χ0) is 7.56. The van der Waals surface area contributed by atoms with Gasteiger partial charge in [0.05, 0.1) is 5.51 Å². The molecule has 0 aliphatic rings. The first-order chi connectivity index (χ1) is 4.75. The largest absolute Gasteiger partial charge is 0.234 e. The van der Waals surface area contributed by atoms with E-state index in [2.05, 4.69) is 24.9 Å². The molecule has 52 valence electrons. The van der Waals surface area contributed by atoms with Gasteiger partial charge in [-0.05, 0) is 5.92 Å². The summed E-state index contributed by atoms with van der Waals surface area (Å²) in [6.45, 7) is 4.13. The fraction of sp³-hybridized carbons (Fsp3) is 0.429. The van der Waals surface area contributed by atoms with Crippen LogP contribution in [0.25, 0.3) is 0 Å². The Morgan fingerprint density at radius 1 is 1.70 bits per heavy atom. The summed E-state index contributed by atoms with van der Waals surface area (Å²) in [5, 5.41) is 8.55. The van der Waals surface area contributed by atoms with Gasteiger partial charge in [0.2, 0.25) is 0 Å². The average Bonchev–Trinajstić information content (AvgIpc) is 2.33. The maximum absolute atomic E-state index is 8.55. The van der Waals surface area contributed by atoms with Crippen molar-refractivity contribution < 1.29 is 0 Å². The lowest BCUT2D eigenvalue weighted by Gasteiger charge is -1.97. The highest BCUT2D eigenvalue weighted by atomic mass is 32.1. The Balaban J connectivity index is 3.05. The average molecular weight is 152 g/mol. The van der Waals surface area contributed by atoms with Crippen LogP contribution in [0.1, 0.15) is 30.3 Å². The van der Waals surface area contributed by atoms with Crippen LogP contribution in [0.3, 0.4) is 0 Å². The summed E-state index contributed by atoms with van der Waals surface area (Å²) in [7, 11) is 0. The number of hydrogen-bond donors (Lipinski definition) is 0. The van der Waals surface area contributed by atoms with Gasteiger partial charge in [0, 0.05) is 4.88 Å². The maximum atomic E-state index is 8.55. The third-order valence-electron chi connectivity index (χ3n) is 1.23. The minimum Gasteiger partial charge on any atom is -0.234 e. The molecule has 3 heteroatoms. The van der Waals surface area contributed by atoms with Crippen molar-refractivity contribution in [2.75, 3.05) is 0 Å². The van der Waals surface area contributed by atoms with Gasteiger partial charge in [0.15, 0.2) is 5.69 Å². The second-order valence-corrected chi connectivity index (χ2v) is 3.22. The number of nitriles is 1. The molecule has 0 unspecified atom stereocenters. The first-order valence-electron chi connectivity index (χ1n) is 3.09. The van der Waals surface area contributed by atoms with E-state index in [9.17, 15) is 0 Å². The van der Waals surface area contributed by atoms with E-state index in [1.807, 2.05) is 0 Å². The molecule has 0 saturated carbocycles. The van der Waals surface area contributed by atoms with E-state index in [0.717, 1.165) is 4.88 Å². The minimum atomic E-state index is 0.419. The predicted octanol–water partition coefficient (Wildman–Crippen LogP) is 2.14. The number of nitrogens with zero attached hydrogens (tertiary/aromatic N) is 2. The molecule has 0 aromatic carbocycles. The van der Waals surface area contributed by atoms with E-state index in [1.54, 1.807) is 16.8 Å². The van der Waals surface area contributed by atoms with Crippen molar-refractivity contribution in [1.29, 1.82) is 5.26 Å². The van der Waals surface area contributed by atoms with Crippen LogP contribution in [0.4, 0.5) is 0 Å². The van der Waals surface area contributed by atoms with Gasteiger partial charge in [-0.15, -0.1) is 11.3 Å². The predicted molar refractivity (Wildman–Crippen MR) is 40.9 cm³/mol. The number of hydrogen-bond acceptors (Lipinski definition) is 3. The fourth-order valence-electron chi connectivity index (χ4n) is 0.749. The van der Waals surface area contributed by atoms with Crippen LogP contribution in [-0.2, 0) is 0 Å². The van der Waals surface area contributed by atoms with Gasteiger partial charge in [0.1, 0.15) is 6.07 Å². The smallest absolute Gasteiger partial charge is 0.154 e. The molecule has 0 atom stereocenters. The van der Waals surface area contributed by atoms with Crippen LogP contribution >= 0.6 is 11.3 Å². The third kappa shape index (κ3) is 1.17. The van der Waals surface area contributed by atoms with E-state index < -0.39 is 0 Å². The summed E-state index contributed by atoms with van der Waals surface area (Å²) in [5.41, 5.74) is 2.30. The Labute approximate surface area is 64.1 Å². The first-order valence-corrected chi connectivity index (χ1v) is 3.97. The fourth-order valence-corrected chi connectivity index (χ4v) is 1.50. The summed E-state index contributed by atoms with van der Waals surface area (Å²) in [6.07, 6.45) is 0. The second-order valence-electron chi connectivity index (χ2n) is 2.33. The molecule has 0 amide bonds. The SMILES string of the molecule is CC(C)c1scnc1C#N. The molecule has 0 N–H and O–H groups in total. The van der Waals surface area contributed by atoms with Gasteiger partial charge in [-0.1, -0.05) is 13.8 Å². The summed E-state index contributed by atoms with van der Waals surface area (Å²) >= 11 is 1.55. The number of rotatable bonds is 1. The first kappa shape index (κ1) is 7.23. The molecule has 0 aliphatic carbocycles. The normalized spacial score (nSPS) is 9.80. The van der Waals surface area contributed by atoms with Crippen molar-refractivity contribution in [2.24, 2.45) is 0 Å². The maximum Gasteiger partial charge on any atom is 0.154 e. The molecule has 10 heavy (non-hydrogen) atoms. The van der Waals surface area contributed by atoms with Crippen molar-refractivity contribution in [3.05, 3.63) is 16.1 Å². The van der Waals surface area contributed by atoms with Gasteiger partial charge in [-0.25, -0.2) is 4.98 Å². The van der Waals surface area contributed by atoms with E-state index in [4.69, 9.17) is 5.26 Å². The summed E-state index contributed by atoms with van der Waals surface area (Å²) in [5.74, 6) is 0.419. The van der Waals surface area contributed by atoms with Gasteiger partial charge >= 0.3 is 0 Å². The standard InChI is InChI=1S/C7H8N2S/c1-5(2)7-6(3-8)9-4-10-7/h4-5H,1-2H3. The molecule has 1 rings (SSSR count). The summed E-state index contributed by atoms with van der Waals surface area (Å²) in [4.78, 5) is 5.00. The van der Waals surface area contributed by atoms with Gasteiger partial charge < -0.3 is 0 Å². The molecule has 2 nitrogen and oxygen atoms in total. The molecule has 1 heterocycles. The van der Waals surface area contributed by atoms with Crippen molar-refractivity contribution in [1.82, 2.24) is 4.98 Å². The molecule has 0 aliphatic heterocycles. The van der Waals surface area contributed by atoms with Gasteiger partial charge in [0.25, 0.3) is 0 Å². The topological polar surface area (TPSA) is 36.7 Å². The Kier molecular flexibility index (Phi) is 2.03. The number of thiazole rings is 1. The minimum absolute atomic E-state index is 0.419. The summed E-state index contributed by atoms with van der Waals surface area (Å²) in [6, 6.07) is 2.06. The highest BCUT2D eigenvalue weighted by molar-refractivity contribution is 7.09. The van der Waals surface area contributed by atoms with Crippen molar-refractivity contribution in [3.8, 4) is 6.07 Å². The zero-order valence-electron chi connectivity index (χ0n) is 5.96. The van der Waals surface area contributed by atoms with Gasteiger partial charge in [-0.3, -0.25) is 0 Å². The lowest BCUT2D eigenvalue weighted by molar-refractivity contribution is 0.880. The quantitative estimate of drug-likeness (QED) is 0.618. The Bertz CT molecular complexity index is 257. The molecular formula is C7H8N2S.